The number of hydrogen-bond acceptors (Lipinski definition) is 4. The Morgan fingerprint density at radius 2 is 2.06 bits per heavy atom. The van der Waals surface area contributed by atoms with Gasteiger partial charge >= 0.3 is 5.97 Å². The van der Waals surface area contributed by atoms with Crippen LogP contribution in [0.25, 0.3) is 5.69 Å². The molecule has 0 fully saturated rings. The molecule has 0 spiro atoms. The van der Waals surface area contributed by atoms with E-state index in [0.717, 1.165) is 5.69 Å². The highest BCUT2D eigenvalue weighted by Gasteiger charge is 2.19. The molecule has 6 heteroatoms. The van der Waals surface area contributed by atoms with Gasteiger partial charge in [-0.1, -0.05) is 23.4 Å². The van der Waals surface area contributed by atoms with Crippen LogP contribution < -0.4 is 0 Å². The second kappa shape index (κ2) is 5.13. The molecule has 1 aromatic heterocycles. The lowest BCUT2D eigenvalue weighted by atomic mass is 10.2. The van der Waals surface area contributed by atoms with Gasteiger partial charge in [0.05, 0.1) is 11.9 Å². The molecule has 0 saturated carbocycles. The van der Waals surface area contributed by atoms with Gasteiger partial charge < -0.3 is 9.94 Å². The predicted octanol–water partition coefficient (Wildman–Crippen LogP) is 1.31. The third kappa shape index (κ3) is 2.22. The number of carbonyl (C=O) groups is 1. The lowest BCUT2D eigenvalue weighted by Crippen LogP contribution is -2.19. The Morgan fingerprint density at radius 1 is 1.33 bits per heavy atom. The highest BCUT2D eigenvalue weighted by molar-refractivity contribution is 6.42. The van der Waals surface area contributed by atoms with E-state index in [4.69, 9.17) is 5.11 Å². The zero-order valence-corrected chi connectivity index (χ0v) is 9.65. The molecule has 0 amide bonds. The first-order valence-electron chi connectivity index (χ1n) is 5.18. The minimum atomic E-state index is -1.17. The molecule has 92 valence electrons. The number of aromatic nitrogens is 2. The number of nitrogens with zero attached hydrogens (tertiary/aromatic N) is 3. The molecule has 0 atom stereocenters. The lowest BCUT2D eigenvalue weighted by molar-refractivity contribution is -0.129. The fourth-order valence-corrected chi connectivity index (χ4v) is 1.54. The summed E-state index contributed by atoms with van der Waals surface area (Å²) in [7, 11) is 1.30. The maximum absolute atomic E-state index is 11.1. The standard InChI is InChI=1S/C12H11N3O3/c1-18-14-11(12(16)17)10-7-8-13-15(10)9-5-3-2-4-6-9/h2-8H,1H3,(H,16,17). The van der Waals surface area contributed by atoms with Crippen LogP contribution in [0.5, 0.6) is 0 Å². The second-order valence-electron chi connectivity index (χ2n) is 3.39. The molecule has 18 heavy (non-hydrogen) atoms. The summed E-state index contributed by atoms with van der Waals surface area (Å²) in [5.74, 6) is -1.17. The number of rotatable bonds is 4. The van der Waals surface area contributed by atoms with E-state index < -0.39 is 5.97 Å². The number of oxime groups is 1. The predicted molar refractivity (Wildman–Crippen MR) is 64.7 cm³/mol. The number of carboxylic acid groups (broad SMARTS) is 1. The molecule has 6 nitrogen and oxygen atoms in total. The van der Waals surface area contributed by atoms with E-state index in [-0.39, 0.29) is 5.71 Å². The Morgan fingerprint density at radius 3 is 2.67 bits per heavy atom. The molecule has 0 unspecified atom stereocenters. The SMILES string of the molecule is CON=C(C(=O)O)c1ccnn1-c1ccccc1. The summed E-state index contributed by atoms with van der Waals surface area (Å²) in [6.07, 6.45) is 1.51. The Hall–Kier alpha value is -2.63. The van der Waals surface area contributed by atoms with Gasteiger partial charge in [-0.05, 0) is 18.2 Å². The topological polar surface area (TPSA) is 76.7 Å². The molecule has 0 bridgehead atoms. The first-order chi connectivity index (χ1) is 8.74. The van der Waals surface area contributed by atoms with Crippen LogP contribution >= 0.6 is 0 Å². The number of hydrogen-bond donors (Lipinski definition) is 1. The van der Waals surface area contributed by atoms with Gasteiger partial charge in [0.2, 0.25) is 5.71 Å². The zero-order valence-electron chi connectivity index (χ0n) is 9.65. The van der Waals surface area contributed by atoms with Crippen LogP contribution in [-0.2, 0) is 9.63 Å². The van der Waals surface area contributed by atoms with Crippen molar-refractivity contribution in [3.63, 3.8) is 0 Å². The van der Waals surface area contributed by atoms with E-state index in [2.05, 4.69) is 15.1 Å². The molecule has 2 rings (SSSR count). The van der Waals surface area contributed by atoms with Crippen molar-refractivity contribution in [2.24, 2.45) is 5.16 Å². The second-order valence-corrected chi connectivity index (χ2v) is 3.39. The average Bonchev–Trinajstić information content (AvgIpc) is 2.85. The van der Waals surface area contributed by atoms with E-state index in [9.17, 15) is 4.79 Å². The Bertz CT molecular complexity index is 575. The highest BCUT2D eigenvalue weighted by atomic mass is 16.6. The van der Waals surface area contributed by atoms with Crippen molar-refractivity contribution in [3.8, 4) is 5.69 Å². The molecule has 0 aliphatic carbocycles. The van der Waals surface area contributed by atoms with Crippen LogP contribution in [0.1, 0.15) is 5.69 Å². The molecule has 0 radical (unpaired) electrons. The highest BCUT2D eigenvalue weighted by Crippen LogP contribution is 2.11. The van der Waals surface area contributed by atoms with Crippen LogP contribution in [0.4, 0.5) is 0 Å². The minimum Gasteiger partial charge on any atom is -0.476 e. The third-order valence-electron chi connectivity index (χ3n) is 2.27. The largest absolute Gasteiger partial charge is 0.476 e. The van der Waals surface area contributed by atoms with Gasteiger partial charge in [0.25, 0.3) is 0 Å². The molecular formula is C12H11N3O3. The van der Waals surface area contributed by atoms with Crippen molar-refractivity contribution in [1.29, 1.82) is 0 Å². The van der Waals surface area contributed by atoms with Gasteiger partial charge in [0.15, 0.2) is 0 Å². The van der Waals surface area contributed by atoms with Crippen LogP contribution in [0.15, 0.2) is 47.8 Å². The van der Waals surface area contributed by atoms with Crippen LogP contribution in [0.3, 0.4) is 0 Å². The first-order valence-corrected chi connectivity index (χ1v) is 5.18. The van der Waals surface area contributed by atoms with Crippen molar-refractivity contribution in [2.75, 3.05) is 7.11 Å². The summed E-state index contributed by atoms with van der Waals surface area (Å²) in [5.41, 5.74) is 0.914. The summed E-state index contributed by atoms with van der Waals surface area (Å²) in [5, 5.41) is 16.7. The normalized spacial score (nSPS) is 11.3. The number of para-hydroxylation sites is 1. The molecule has 2 aromatic rings. The summed E-state index contributed by atoms with van der Waals surface area (Å²) >= 11 is 0. The summed E-state index contributed by atoms with van der Waals surface area (Å²) in [4.78, 5) is 15.7. The van der Waals surface area contributed by atoms with Crippen LogP contribution in [-0.4, -0.2) is 33.7 Å². The lowest BCUT2D eigenvalue weighted by Gasteiger charge is -2.06. The van der Waals surface area contributed by atoms with E-state index in [1.54, 1.807) is 6.07 Å². The van der Waals surface area contributed by atoms with E-state index >= 15 is 0 Å². The number of aliphatic carboxylic acids is 1. The first kappa shape index (κ1) is 11.8. The fraction of sp³-hybridized carbons (Fsp3) is 0.0833. The number of benzene rings is 1. The quantitative estimate of drug-likeness (QED) is 0.650. The van der Waals surface area contributed by atoms with Crippen molar-refractivity contribution in [1.82, 2.24) is 9.78 Å². The van der Waals surface area contributed by atoms with E-state index in [1.807, 2.05) is 30.3 Å². The maximum Gasteiger partial charge on any atom is 0.360 e. The van der Waals surface area contributed by atoms with Gasteiger partial charge in [-0.3, -0.25) is 0 Å². The monoisotopic (exact) mass is 245 g/mol. The summed E-state index contributed by atoms with van der Waals surface area (Å²) < 4.78 is 1.49. The van der Waals surface area contributed by atoms with Gasteiger partial charge in [0.1, 0.15) is 12.8 Å². The molecule has 0 saturated heterocycles. The van der Waals surface area contributed by atoms with Crippen molar-refractivity contribution >= 4 is 11.7 Å². The minimum absolute atomic E-state index is 0.196. The van der Waals surface area contributed by atoms with Gasteiger partial charge in [-0.2, -0.15) is 5.10 Å². The average molecular weight is 245 g/mol. The third-order valence-corrected chi connectivity index (χ3v) is 2.27. The zero-order chi connectivity index (χ0) is 13.0. The van der Waals surface area contributed by atoms with Crippen molar-refractivity contribution in [2.45, 2.75) is 0 Å². The van der Waals surface area contributed by atoms with Crippen molar-refractivity contribution < 1.29 is 14.7 Å². The molecule has 1 heterocycles. The van der Waals surface area contributed by atoms with Gasteiger partial charge in [-0.25, -0.2) is 9.48 Å². The van der Waals surface area contributed by atoms with Gasteiger partial charge in [-0.15, -0.1) is 0 Å². The van der Waals surface area contributed by atoms with Gasteiger partial charge in [0, 0.05) is 0 Å². The Kier molecular flexibility index (Phi) is 3.38. The van der Waals surface area contributed by atoms with Crippen LogP contribution in [0.2, 0.25) is 0 Å². The van der Waals surface area contributed by atoms with Crippen molar-refractivity contribution in [3.05, 3.63) is 48.3 Å². The molecule has 1 N–H and O–H groups in total. The maximum atomic E-state index is 11.1. The summed E-state index contributed by atoms with van der Waals surface area (Å²) in [6, 6.07) is 10.8. The molecular weight excluding hydrogens is 234 g/mol. The van der Waals surface area contributed by atoms with E-state index in [0.29, 0.717) is 5.69 Å². The molecule has 0 aliphatic rings. The Labute approximate surface area is 103 Å². The molecule has 1 aromatic carbocycles. The fourth-order valence-electron chi connectivity index (χ4n) is 1.54. The number of carboxylic acids is 1. The molecule has 0 aliphatic heterocycles. The summed E-state index contributed by atoms with van der Waals surface area (Å²) in [6.45, 7) is 0. The smallest absolute Gasteiger partial charge is 0.360 e. The van der Waals surface area contributed by atoms with Crippen LogP contribution in [0, 0.1) is 0 Å². The Balaban J connectivity index is 2.51. The van der Waals surface area contributed by atoms with E-state index in [1.165, 1.54) is 18.0 Å².